The van der Waals surface area contributed by atoms with Gasteiger partial charge < -0.3 is 4.74 Å². The maximum absolute atomic E-state index is 5.89. The van der Waals surface area contributed by atoms with Crippen LogP contribution in [0.2, 0.25) is 0 Å². The lowest BCUT2D eigenvalue weighted by Gasteiger charge is -2.34. The molecule has 0 spiro atoms. The molecule has 19 heavy (non-hydrogen) atoms. The number of ether oxygens (including phenoxy) is 1. The summed E-state index contributed by atoms with van der Waals surface area (Å²) in [5.41, 5.74) is 5.99. The van der Waals surface area contributed by atoms with Gasteiger partial charge in [0.05, 0.1) is 12.6 Å². The fourth-order valence-electron chi connectivity index (χ4n) is 3.88. The lowest BCUT2D eigenvalue weighted by atomic mass is 9.75. The maximum Gasteiger partial charge on any atom is 0.127 e. The molecule has 1 aromatic rings. The Morgan fingerprint density at radius 3 is 2.95 bits per heavy atom. The van der Waals surface area contributed by atoms with Crippen LogP contribution in [0.5, 0.6) is 5.75 Å². The first-order valence-electron chi connectivity index (χ1n) is 7.34. The number of hydrazine groups is 1. The van der Waals surface area contributed by atoms with E-state index < -0.39 is 0 Å². The minimum atomic E-state index is 0.200. The van der Waals surface area contributed by atoms with Crippen molar-refractivity contribution in [2.75, 3.05) is 6.61 Å². The molecule has 0 amide bonds. The molecule has 1 fully saturated rings. The van der Waals surface area contributed by atoms with Gasteiger partial charge in [0.1, 0.15) is 5.75 Å². The zero-order valence-electron chi connectivity index (χ0n) is 11.9. The topological polar surface area (TPSA) is 47.3 Å². The van der Waals surface area contributed by atoms with Gasteiger partial charge in [-0.15, -0.1) is 0 Å². The van der Waals surface area contributed by atoms with Crippen LogP contribution in [-0.4, -0.2) is 6.61 Å². The van der Waals surface area contributed by atoms with Crippen molar-refractivity contribution in [2.45, 2.75) is 45.6 Å². The first-order valence-corrected chi connectivity index (χ1v) is 7.34. The number of para-hydroxylation sites is 1. The third kappa shape index (κ3) is 2.15. The fourth-order valence-corrected chi connectivity index (χ4v) is 3.88. The molecule has 1 aliphatic carbocycles. The van der Waals surface area contributed by atoms with E-state index in [1.807, 2.05) is 0 Å². The molecule has 0 aromatic heterocycles. The largest absolute Gasteiger partial charge is 0.493 e. The fraction of sp³-hybridized carbons (Fsp3) is 0.625. The van der Waals surface area contributed by atoms with E-state index >= 15 is 0 Å². The zero-order chi connectivity index (χ0) is 13.5. The third-order valence-corrected chi connectivity index (χ3v) is 5.00. The number of hydrogen-bond acceptors (Lipinski definition) is 3. The normalized spacial score (nSPS) is 25.9. The van der Waals surface area contributed by atoms with E-state index in [-0.39, 0.29) is 6.04 Å². The number of fused-ring (bicyclic) bond motifs is 1. The summed E-state index contributed by atoms with van der Waals surface area (Å²) in [7, 11) is 0. The molecular formula is C16H24N2O. The molecule has 1 aliphatic heterocycles. The first-order chi connectivity index (χ1) is 9.13. The predicted octanol–water partition coefficient (Wildman–Crippen LogP) is 2.95. The Balaban J connectivity index is 1.97. The van der Waals surface area contributed by atoms with Crippen LogP contribution >= 0.6 is 0 Å². The van der Waals surface area contributed by atoms with E-state index in [9.17, 15) is 0 Å². The number of benzene rings is 1. The Morgan fingerprint density at radius 1 is 1.42 bits per heavy atom. The molecule has 1 heterocycles. The third-order valence-electron chi connectivity index (χ3n) is 5.00. The highest BCUT2D eigenvalue weighted by molar-refractivity contribution is 5.46. The van der Waals surface area contributed by atoms with Crippen LogP contribution in [0.25, 0.3) is 0 Å². The van der Waals surface area contributed by atoms with E-state index in [0.717, 1.165) is 18.8 Å². The Bertz CT molecular complexity index is 470. The second-order valence-electron chi connectivity index (χ2n) is 6.57. The summed E-state index contributed by atoms with van der Waals surface area (Å²) >= 11 is 0. The van der Waals surface area contributed by atoms with Crippen molar-refractivity contribution in [3.8, 4) is 5.75 Å². The summed E-state index contributed by atoms with van der Waals surface area (Å²) in [6, 6.07) is 6.67. The standard InChI is InChI=1S/C16H24N2O/c1-16(2)9-4-7-13(16)14(18-17)12-6-3-5-11-8-10-19-15(11)12/h3,5-6,13-14,18H,4,7-10,17H2,1-2H3. The van der Waals surface area contributed by atoms with Gasteiger partial charge in [0.15, 0.2) is 0 Å². The van der Waals surface area contributed by atoms with Gasteiger partial charge in [-0.3, -0.25) is 11.3 Å². The molecule has 1 aromatic carbocycles. The smallest absolute Gasteiger partial charge is 0.127 e. The highest BCUT2D eigenvalue weighted by Crippen LogP contribution is 2.50. The summed E-state index contributed by atoms with van der Waals surface area (Å²) in [5, 5.41) is 0. The molecule has 0 radical (unpaired) electrons. The van der Waals surface area contributed by atoms with Gasteiger partial charge in [0.2, 0.25) is 0 Å². The van der Waals surface area contributed by atoms with Gasteiger partial charge >= 0.3 is 0 Å². The van der Waals surface area contributed by atoms with Crippen molar-refractivity contribution in [2.24, 2.45) is 17.2 Å². The number of nitrogens with one attached hydrogen (secondary N) is 1. The van der Waals surface area contributed by atoms with E-state index in [0.29, 0.717) is 11.3 Å². The zero-order valence-corrected chi connectivity index (χ0v) is 11.9. The average Bonchev–Trinajstić information content (AvgIpc) is 2.98. The molecule has 104 valence electrons. The lowest BCUT2D eigenvalue weighted by Crippen LogP contribution is -2.37. The van der Waals surface area contributed by atoms with Crippen molar-refractivity contribution >= 4 is 0 Å². The molecule has 3 N–H and O–H groups in total. The molecule has 0 bridgehead atoms. The van der Waals surface area contributed by atoms with Crippen molar-refractivity contribution in [1.82, 2.24) is 5.43 Å². The first kappa shape index (κ1) is 12.9. The number of hydrogen-bond donors (Lipinski definition) is 2. The van der Waals surface area contributed by atoms with Gasteiger partial charge in [-0.25, -0.2) is 0 Å². The molecule has 3 rings (SSSR count). The van der Waals surface area contributed by atoms with Crippen LogP contribution in [0, 0.1) is 11.3 Å². The molecule has 2 unspecified atom stereocenters. The van der Waals surface area contributed by atoms with Gasteiger partial charge in [-0.05, 0) is 29.7 Å². The van der Waals surface area contributed by atoms with Crippen molar-refractivity contribution in [1.29, 1.82) is 0 Å². The van der Waals surface area contributed by atoms with Crippen LogP contribution in [0.1, 0.15) is 50.3 Å². The summed E-state index contributed by atoms with van der Waals surface area (Å²) in [6.45, 7) is 5.52. The van der Waals surface area contributed by atoms with Gasteiger partial charge in [-0.1, -0.05) is 38.5 Å². The summed E-state index contributed by atoms with van der Waals surface area (Å²) in [6.07, 6.45) is 4.84. The Hall–Kier alpha value is -1.06. The van der Waals surface area contributed by atoms with Crippen molar-refractivity contribution in [3.05, 3.63) is 29.3 Å². The average molecular weight is 260 g/mol. The molecular weight excluding hydrogens is 236 g/mol. The Labute approximate surface area is 115 Å². The van der Waals surface area contributed by atoms with Crippen LogP contribution in [0.15, 0.2) is 18.2 Å². The summed E-state index contributed by atoms with van der Waals surface area (Å²) in [4.78, 5) is 0. The predicted molar refractivity (Wildman–Crippen MR) is 76.8 cm³/mol. The van der Waals surface area contributed by atoms with E-state index in [2.05, 4.69) is 37.5 Å². The Kier molecular flexibility index (Phi) is 3.27. The van der Waals surface area contributed by atoms with E-state index in [1.54, 1.807) is 0 Å². The van der Waals surface area contributed by atoms with Gasteiger partial charge in [0.25, 0.3) is 0 Å². The van der Waals surface area contributed by atoms with Crippen LogP contribution in [0.4, 0.5) is 0 Å². The number of rotatable bonds is 3. The summed E-state index contributed by atoms with van der Waals surface area (Å²) < 4.78 is 5.84. The molecule has 0 saturated heterocycles. The van der Waals surface area contributed by atoms with Crippen molar-refractivity contribution in [3.63, 3.8) is 0 Å². The maximum atomic E-state index is 5.89. The minimum Gasteiger partial charge on any atom is -0.493 e. The molecule has 3 nitrogen and oxygen atoms in total. The highest BCUT2D eigenvalue weighted by atomic mass is 16.5. The second kappa shape index (κ2) is 4.80. The molecule has 2 aliphatic rings. The monoisotopic (exact) mass is 260 g/mol. The Morgan fingerprint density at radius 2 is 2.26 bits per heavy atom. The molecule has 3 heteroatoms. The highest BCUT2D eigenvalue weighted by Gasteiger charge is 2.41. The van der Waals surface area contributed by atoms with Crippen LogP contribution in [-0.2, 0) is 6.42 Å². The number of nitrogens with two attached hydrogens (primary N) is 1. The molecule has 1 saturated carbocycles. The van der Waals surface area contributed by atoms with E-state index in [1.165, 1.54) is 30.4 Å². The lowest BCUT2D eigenvalue weighted by molar-refractivity contribution is 0.195. The van der Waals surface area contributed by atoms with Crippen LogP contribution in [0.3, 0.4) is 0 Å². The second-order valence-corrected chi connectivity index (χ2v) is 6.57. The van der Waals surface area contributed by atoms with Crippen LogP contribution < -0.4 is 16.0 Å². The minimum absolute atomic E-state index is 0.200. The quantitative estimate of drug-likeness (QED) is 0.649. The molecule has 2 atom stereocenters. The van der Waals surface area contributed by atoms with Gasteiger partial charge in [0, 0.05) is 12.0 Å². The summed E-state index contributed by atoms with van der Waals surface area (Å²) in [5.74, 6) is 7.55. The van der Waals surface area contributed by atoms with E-state index in [4.69, 9.17) is 10.6 Å². The van der Waals surface area contributed by atoms with Crippen molar-refractivity contribution < 1.29 is 4.74 Å². The SMILES string of the molecule is CC1(C)CCCC1C(NN)c1cccc2c1OCC2. The van der Waals surface area contributed by atoms with Gasteiger partial charge in [-0.2, -0.15) is 0 Å².